The lowest BCUT2D eigenvalue weighted by Gasteiger charge is -2.37. The molecule has 1 fully saturated rings. The summed E-state index contributed by atoms with van der Waals surface area (Å²) in [7, 11) is 0. The van der Waals surface area contributed by atoms with Crippen molar-refractivity contribution in [2.75, 3.05) is 6.54 Å². The van der Waals surface area contributed by atoms with Crippen molar-refractivity contribution in [3.63, 3.8) is 0 Å². The molecule has 3 atom stereocenters. The molecule has 0 heterocycles. The predicted octanol–water partition coefficient (Wildman–Crippen LogP) is 5.72. The molecule has 112 valence electrons. The first-order valence-electron chi connectivity index (χ1n) is 7.69. The highest BCUT2D eigenvalue weighted by Crippen LogP contribution is 2.41. The lowest BCUT2D eigenvalue weighted by molar-refractivity contribution is 0.177. The Hall–Kier alpha value is -0.240. The monoisotopic (exact) mass is 313 g/mol. The van der Waals surface area contributed by atoms with Gasteiger partial charge in [0, 0.05) is 16.1 Å². The Labute approximate surface area is 133 Å². The predicted molar refractivity (Wildman–Crippen MR) is 88.5 cm³/mol. The Bertz CT molecular complexity index is 437. The molecule has 1 aromatic rings. The van der Waals surface area contributed by atoms with Crippen LogP contribution in [-0.4, -0.2) is 6.54 Å². The Kier molecular flexibility index (Phi) is 5.77. The van der Waals surface area contributed by atoms with Crippen LogP contribution in [0.4, 0.5) is 0 Å². The first-order valence-corrected chi connectivity index (χ1v) is 8.45. The first kappa shape index (κ1) is 16.1. The van der Waals surface area contributed by atoms with Crippen LogP contribution >= 0.6 is 23.2 Å². The van der Waals surface area contributed by atoms with Gasteiger partial charge in [-0.25, -0.2) is 0 Å². The van der Waals surface area contributed by atoms with Gasteiger partial charge in [0.05, 0.1) is 0 Å². The van der Waals surface area contributed by atoms with Crippen LogP contribution in [0.2, 0.25) is 10.0 Å². The summed E-state index contributed by atoms with van der Waals surface area (Å²) in [4.78, 5) is 0. The van der Waals surface area contributed by atoms with Crippen molar-refractivity contribution in [3.8, 4) is 0 Å². The fourth-order valence-electron chi connectivity index (χ4n) is 3.79. The molecule has 1 aliphatic rings. The van der Waals surface area contributed by atoms with Crippen LogP contribution in [0.15, 0.2) is 18.2 Å². The molecular weight excluding hydrogens is 289 g/mol. The zero-order valence-electron chi connectivity index (χ0n) is 12.6. The summed E-state index contributed by atoms with van der Waals surface area (Å²) >= 11 is 12.5. The summed E-state index contributed by atoms with van der Waals surface area (Å²) in [6.45, 7) is 7.86. The molecule has 0 saturated heterocycles. The summed E-state index contributed by atoms with van der Waals surface area (Å²) < 4.78 is 0. The average molecular weight is 314 g/mol. The van der Waals surface area contributed by atoms with E-state index in [1.165, 1.54) is 24.8 Å². The molecule has 3 unspecified atom stereocenters. The molecule has 0 aliphatic heterocycles. The van der Waals surface area contributed by atoms with Crippen molar-refractivity contribution >= 4 is 23.2 Å². The zero-order valence-corrected chi connectivity index (χ0v) is 14.1. The van der Waals surface area contributed by atoms with E-state index in [0.717, 1.165) is 23.4 Å². The Morgan fingerprint density at radius 2 is 1.80 bits per heavy atom. The first-order chi connectivity index (χ1) is 9.51. The third kappa shape index (κ3) is 3.90. The van der Waals surface area contributed by atoms with Gasteiger partial charge in [-0.05, 0) is 61.3 Å². The van der Waals surface area contributed by atoms with Crippen molar-refractivity contribution in [1.82, 2.24) is 5.32 Å². The van der Waals surface area contributed by atoms with E-state index in [-0.39, 0.29) is 0 Å². The lowest BCUT2D eigenvalue weighted by atomic mass is 9.72. The maximum Gasteiger partial charge on any atom is 0.0468 e. The Morgan fingerprint density at radius 3 is 2.35 bits per heavy atom. The van der Waals surface area contributed by atoms with Crippen molar-refractivity contribution in [1.29, 1.82) is 0 Å². The number of nitrogens with one attached hydrogen (secondary N) is 1. The molecule has 0 spiro atoms. The quantitative estimate of drug-likeness (QED) is 0.750. The van der Waals surface area contributed by atoms with Gasteiger partial charge in [0.2, 0.25) is 0 Å². The van der Waals surface area contributed by atoms with E-state index < -0.39 is 0 Å². The molecule has 1 aliphatic carbocycles. The van der Waals surface area contributed by atoms with E-state index in [2.05, 4.69) is 32.2 Å². The van der Waals surface area contributed by atoms with Crippen LogP contribution in [0.5, 0.6) is 0 Å². The number of hydrogen-bond donors (Lipinski definition) is 1. The van der Waals surface area contributed by atoms with Gasteiger partial charge >= 0.3 is 0 Å². The van der Waals surface area contributed by atoms with Gasteiger partial charge in [-0.3, -0.25) is 0 Å². The van der Waals surface area contributed by atoms with Crippen molar-refractivity contribution in [3.05, 3.63) is 33.8 Å². The molecule has 1 nitrogen and oxygen atoms in total. The smallest absolute Gasteiger partial charge is 0.0468 e. The van der Waals surface area contributed by atoms with E-state index in [0.29, 0.717) is 17.0 Å². The fourth-order valence-corrected chi connectivity index (χ4v) is 4.31. The molecule has 2 rings (SSSR count). The summed E-state index contributed by atoms with van der Waals surface area (Å²) in [5.41, 5.74) is 1.20. The van der Waals surface area contributed by atoms with Crippen LogP contribution in [0.3, 0.4) is 0 Å². The van der Waals surface area contributed by atoms with Crippen molar-refractivity contribution in [2.45, 2.75) is 46.1 Å². The van der Waals surface area contributed by atoms with E-state index in [4.69, 9.17) is 23.2 Å². The SMILES string of the molecule is CCNC(c1ccc(Cl)cc1Cl)C1CC(C)CC(C)C1. The third-order valence-corrected chi connectivity index (χ3v) is 4.97. The summed E-state index contributed by atoms with van der Waals surface area (Å²) in [5.74, 6) is 2.26. The highest BCUT2D eigenvalue weighted by atomic mass is 35.5. The van der Waals surface area contributed by atoms with E-state index in [9.17, 15) is 0 Å². The van der Waals surface area contributed by atoms with Gasteiger partial charge in [-0.2, -0.15) is 0 Å². The number of hydrogen-bond acceptors (Lipinski definition) is 1. The minimum absolute atomic E-state index is 0.343. The molecule has 20 heavy (non-hydrogen) atoms. The van der Waals surface area contributed by atoms with Gasteiger partial charge in [0.25, 0.3) is 0 Å². The summed E-state index contributed by atoms with van der Waals surface area (Å²) in [6.07, 6.45) is 3.91. The summed E-state index contributed by atoms with van der Waals surface area (Å²) in [5, 5.41) is 5.14. The van der Waals surface area contributed by atoms with E-state index >= 15 is 0 Å². The van der Waals surface area contributed by atoms with Gasteiger partial charge in [0.1, 0.15) is 0 Å². The fraction of sp³-hybridized carbons (Fsp3) is 0.647. The molecule has 1 N–H and O–H groups in total. The van der Waals surface area contributed by atoms with Crippen LogP contribution in [0, 0.1) is 17.8 Å². The highest BCUT2D eigenvalue weighted by molar-refractivity contribution is 6.35. The maximum atomic E-state index is 6.43. The molecule has 3 heteroatoms. The molecule has 0 aromatic heterocycles. The molecule has 0 amide bonds. The lowest BCUT2D eigenvalue weighted by Crippen LogP contribution is -2.33. The van der Waals surface area contributed by atoms with Crippen LogP contribution in [0.25, 0.3) is 0 Å². The Balaban J connectivity index is 2.25. The van der Waals surface area contributed by atoms with Crippen LogP contribution in [0.1, 0.15) is 51.6 Å². The van der Waals surface area contributed by atoms with Gasteiger partial charge < -0.3 is 5.32 Å². The molecule has 1 saturated carbocycles. The van der Waals surface area contributed by atoms with Gasteiger partial charge in [0.15, 0.2) is 0 Å². The average Bonchev–Trinajstić information content (AvgIpc) is 2.35. The third-order valence-electron chi connectivity index (χ3n) is 4.41. The zero-order chi connectivity index (χ0) is 14.7. The Morgan fingerprint density at radius 1 is 1.15 bits per heavy atom. The van der Waals surface area contributed by atoms with Gasteiger partial charge in [-0.1, -0.05) is 50.0 Å². The second-order valence-electron chi connectivity index (χ2n) is 6.38. The number of benzene rings is 1. The van der Waals surface area contributed by atoms with Gasteiger partial charge in [-0.15, -0.1) is 0 Å². The maximum absolute atomic E-state index is 6.43. The molecule has 1 aromatic carbocycles. The second-order valence-corrected chi connectivity index (χ2v) is 7.22. The summed E-state index contributed by atoms with van der Waals surface area (Å²) in [6, 6.07) is 6.23. The highest BCUT2D eigenvalue weighted by Gasteiger charge is 2.31. The normalized spacial score (nSPS) is 28.4. The minimum Gasteiger partial charge on any atom is -0.310 e. The minimum atomic E-state index is 0.343. The van der Waals surface area contributed by atoms with E-state index in [1.54, 1.807) is 0 Å². The van der Waals surface area contributed by atoms with Crippen molar-refractivity contribution in [2.24, 2.45) is 17.8 Å². The number of rotatable bonds is 4. The molecule has 0 radical (unpaired) electrons. The second kappa shape index (κ2) is 7.15. The molecular formula is C17H25Cl2N. The number of halogens is 2. The molecule has 0 bridgehead atoms. The van der Waals surface area contributed by atoms with Crippen molar-refractivity contribution < 1.29 is 0 Å². The van der Waals surface area contributed by atoms with Crippen LogP contribution in [-0.2, 0) is 0 Å². The largest absolute Gasteiger partial charge is 0.310 e. The topological polar surface area (TPSA) is 12.0 Å². The van der Waals surface area contributed by atoms with E-state index in [1.807, 2.05) is 12.1 Å². The standard InChI is InChI=1S/C17H25Cl2N/c1-4-20-17(13-8-11(2)7-12(3)9-13)15-6-5-14(18)10-16(15)19/h5-6,10-13,17,20H,4,7-9H2,1-3H3. The van der Waals surface area contributed by atoms with Crippen LogP contribution < -0.4 is 5.32 Å².